The van der Waals surface area contributed by atoms with Gasteiger partial charge in [-0.25, -0.2) is 19.3 Å². The molecular formula is C25H30FN7O3. The number of carbonyl (C=O) groups excluding carboxylic acids is 1. The van der Waals surface area contributed by atoms with Gasteiger partial charge in [0, 0.05) is 31.4 Å². The summed E-state index contributed by atoms with van der Waals surface area (Å²) in [6.45, 7) is 3.66. The number of H-pyrrole nitrogens is 1. The van der Waals surface area contributed by atoms with E-state index >= 15 is 0 Å². The van der Waals surface area contributed by atoms with Gasteiger partial charge in [0.25, 0.3) is 0 Å². The summed E-state index contributed by atoms with van der Waals surface area (Å²) in [6.07, 6.45) is 3.33. The van der Waals surface area contributed by atoms with E-state index in [0.29, 0.717) is 53.4 Å². The molecule has 1 aliphatic carbocycles. The average molecular weight is 496 g/mol. The molecule has 1 amide bonds. The molecule has 0 atom stereocenters. The van der Waals surface area contributed by atoms with Gasteiger partial charge < -0.3 is 30.8 Å². The minimum absolute atomic E-state index is 0.152. The zero-order chi connectivity index (χ0) is 25.1. The predicted molar refractivity (Wildman–Crippen MR) is 131 cm³/mol. The number of aromatic amines is 1. The number of aromatic nitrogens is 4. The lowest BCUT2D eigenvalue weighted by Crippen LogP contribution is -2.49. The quantitative estimate of drug-likeness (QED) is 0.355. The van der Waals surface area contributed by atoms with Gasteiger partial charge in [-0.3, -0.25) is 4.79 Å². The van der Waals surface area contributed by atoms with Crippen molar-refractivity contribution in [2.75, 3.05) is 38.2 Å². The number of hydrogen-bond donors (Lipinski definition) is 4. The van der Waals surface area contributed by atoms with Gasteiger partial charge in [-0.15, -0.1) is 0 Å². The summed E-state index contributed by atoms with van der Waals surface area (Å²) in [7, 11) is 0. The molecule has 3 aromatic rings. The molecule has 10 nitrogen and oxygen atoms in total. The Labute approximate surface area is 208 Å². The molecule has 0 radical (unpaired) electrons. The lowest BCUT2D eigenvalue weighted by Gasteiger charge is -2.35. The van der Waals surface area contributed by atoms with Crippen LogP contribution in [0.15, 0.2) is 36.5 Å². The molecule has 1 saturated heterocycles. The van der Waals surface area contributed by atoms with E-state index in [1.807, 2.05) is 0 Å². The zero-order valence-electron chi connectivity index (χ0n) is 20.1. The van der Waals surface area contributed by atoms with Gasteiger partial charge in [-0.1, -0.05) is 0 Å². The fourth-order valence-electron chi connectivity index (χ4n) is 3.94. The van der Waals surface area contributed by atoms with E-state index in [1.165, 1.54) is 25.0 Å². The zero-order valence-corrected chi connectivity index (χ0v) is 20.1. The van der Waals surface area contributed by atoms with Crippen LogP contribution in [0.1, 0.15) is 31.9 Å². The van der Waals surface area contributed by atoms with Crippen LogP contribution in [0.25, 0.3) is 22.6 Å². The standard InChI is InChI=1S/C25H30FN7O3/c1-25(23(34)28-11-9-27)13-35-22(36-14-25)21-32-19(16-4-6-17(26)7-5-16)20(33-21)18-8-10-29-24(31-18)30-12-15-2-3-15/h4-8,10,15,22H,2-3,9,11-14,27H2,1H3,(H,28,34)(H,32,33)(H,29,30,31). The first kappa shape index (κ1) is 24.3. The number of rotatable bonds is 9. The first-order valence-corrected chi connectivity index (χ1v) is 12.1. The molecule has 36 heavy (non-hydrogen) atoms. The second-order valence-electron chi connectivity index (χ2n) is 9.50. The van der Waals surface area contributed by atoms with Crippen LogP contribution in [0.5, 0.6) is 0 Å². The molecule has 2 fully saturated rings. The molecule has 0 spiro atoms. The highest BCUT2D eigenvalue weighted by molar-refractivity contribution is 5.82. The van der Waals surface area contributed by atoms with E-state index in [0.717, 1.165) is 6.54 Å². The summed E-state index contributed by atoms with van der Waals surface area (Å²) >= 11 is 0. The molecule has 2 aliphatic rings. The molecule has 2 aromatic heterocycles. The highest BCUT2D eigenvalue weighted by Crippen LogP contribution is 2.36. The normalized spacial score (nSPS) is 21.8. The Kier molecular flexibility index (Phi) is 6.95. The summed E-state index contributed by atoms with van der Waals surface area (Å²) in [5, 5.41) is 6.07. The van der Waals surface area contributed by atoms with Crippen LogP contribution in [0.2, 0.25) is 0 Å². The number of nitrogens with zero attached hydrogens (tertiary/aromatic N) is 3. The predicted octanol–water partition coefficient (Wildman–Crippen LogP) is 2.62. The van der Waals surface area contributed by atoms with Crippen molar-refractivity contribution in [2.45, 2.75) is 26.1 Å². The van der Waals surface area contributed by atoms with Gasteiger partial charge in [-0.2, -0.15) is 0 Å². The number of nitrogens with two attached hydrogens (primary N) is 1. The van der Waals surface area contributed by atoms with Crippen LogP contribution in [0, 0.1) is 17.2 Å². The van der Waals surface area contributed by atoms with E-state index in [2.05, 4.69) is 25.6 Å². The van der Waals surface area contributed by atoms with Gasteiger partial charge in [0.1, 0.15) is 5.82 Å². The second-order valence-corrected chi connectivity index (χ2v) is 9.50. The first-order valence-electron chi connectivity index (χ1n) is 12.1. The summed E-state index contributed by atoms with van der Waals surface area (Å²) in [6, 6.07) is 7.87. The smallest absolute Gasteiger partial charge is 0.230 e. The fourth-order valence-corrected chi connectivity index (χ4v) is 3.94. The summed E-state index contributed by atoms with van der Waals surface area (Å²) in [4.78, 5) is 29.5. The Balaban J connectivity index is 1.41. The van der Waals surface area contributed by atoms with E-state index < -0.39 is 11.7 Å². The van der Waals surface area contributed by atoms with Crippen LogP contribution in [-0.2, 0) is 14.3 Å². The Hall–Kier alpha value is -3.41. The largest absolute Gasteiger partial charge is 0.354 e. The maximum atomic E-state index is 13.6. The van der Waals surface area contributed by atoms with Crippen molar-refractivity contribution in [1.82, 2.24) is 25.3 Å². The van der Waals surface area contributed by atoms with Crippen molar-refractivity contribution in [1.29, 1.82) is 0 Å². The lowest BCUT2D eigenvalue weighted by molar-refractivity contribution is -0.231. The summed E-state index contributed by atoms with van der Waals surface area (Å²) in [5.41, 5.74) is 7.20. The molecule has 5 N–H and O–H groups in total. The molecule has 5 rings (SSSR count). The Bertz CT molecular complexity index is 1200. The number of hydrogen-bond acceptors (Lipinski definition) is 8. The van der Waals surface area contributed by atoms with Crippen molar-refractivity contribution in [3.8, 4) is 22.6 Å². The maximum absolute atomic E-state index is 13.6. The van der Waals surface area contributed by atoms with E-state index in [-0.39, 0.29) is 24.9 Å². The topological polar surface area (TPSA) is 140 Å². The fraction of sp³-hybridized carbons (Fsp3) is 0.440. The molecule has 0 bridgehead atoms. The number of benzene rings is 1. The number of halogens is 1. The highest BCUT2D eigenvalue weighted by atomic mass is 19.1. The van der Waals surface area contributed by atoms with E-state index in [9.17, 15) is 9.18 Å². The van der Waals surface area contributed by atoms with E-state index in [1.54, 1.807) is 31.3 Å². The minimum Gasteiger partial charge on any atom is -0.354 e. The summed E-state index contributed by atoms with van der Waals surface area (Å²) in [5.74, 6) is 1.13. The molecular weight excluding hydrogens is 465 g/mol. The van der Waals surface area contributed by atoms with E-state index in [4.69, 9.17) is 20.2 Å². The maximum Gasteiger partial charge on any atom is 0.230 e. The Morgan fingerprint density at radius 2 is 1.94 bits per heavy atom. The number of carbonyl (C=O) groups is 1. The molecule has 3 heterocycles. The van der Waals surface area contributed by atoms with Crippen LogP contribution in [0.3, 0.4) is 0 Å². The molecule has 0 unspecified atom stereocenters. The molecule has 1 aromatic carbocycles. The van der Waals surface area contributed by atoms with Gasteiger partial charge >= 0.3 is 0 Å². The van der Waals surface area contributed by atoms with Gasteiger partial charge in [0.05, 0.1) is 35.7 Å². The molecule has 1 aliphatic heterocycles. The molecule has 190 valence electrons. The number of anilines is 1. The number of nitrogens with one attached hydrogen (secondary N) is 3. The van der Waals surface area contributed by atoms with Crippen molar-refractivity contribution in [3.05, 3.63) is 48.2 Å². The third kappa shape index (κ3) is 5.38. The average Bonchev–Trinajstić information content (AvgIpc) is 3.63. The van der Waals surface area contributed by atoms with Crippen molar-refractivity contribution in [3.63, 3.8) is 0 Å². The SMILES string of the molecule is CC1(C(=O)NCCN)COC(c2nc(-c3ccc(F)cc3)c(-c3ccnc(NCC4CC4)n3)[nH]2)OC1. The first-order chi connectivity index (χ1) is 17.4. The number of amides is 1. The number of ether oxygens (including phenoxy) is 2. The van der Waals surface area contributed by atoms with Crippen LogP contribution in [0.4, 0.5) is 10.3 Å². The highest BCUT2D eigenvalue weighted by Gasteiger charge is 2.40. The molecule has 1 saturated carbocycles. The lowest BCUT2D eigenvalue weighted by atomic mass is 9.91. The Morgan fingerprint density at radius 1 is 1.19 bits per heavy atom. The summed E-state index contributed by atoms with van der Waals surface area (Å²) < 4.78 is 25.5. The monoisotopic (exact) mass is 495 g/mol. The van der Waals surface area contributed by atoms with Gasteiger partial charge in [0.2, 0.25) is 18.1 Å². The van der Waals surface area contributed by atoms with Gasteiger partial charge in [0.15, 0.2) is 5.82 Å². The number of imidazole rings is 1. The van der Waals surface area contributed by atoms with Crippen molar-refractivity contribution < 1.29 is 18.7 Å². The Morgan fingerprint density at radius 3 is 2.64 bits per heavy atom. The third-order valence-corrected chi connectivity index (χ3v) is 6.31. The molecule has 11 heteroatoms. The van der Waals surface area contributed by atoms with Crippen LogP contribution >= 0.6 is 0 Å². The van der Waals surface area contributed by atoms with Crippen LogP contribution < -0.4 is 16.4 Å². The van der Waals surface area contributed by atoms with Crippen molar-refractivity contribution in [2.24, 2.45) is 17.1 Å². The van der Waals surface area contributed by atoms with Gasteiger partial charge in [-0.05, 0) is 56.0 Å². The third-order valence-electron chi connectivity index (χ3n) is 6.31. The second kappa shape index (κ2) is 10.3. The minimum atomic E-state index is -0.838. The van der Waals surface area contributed by atoms with Crippen LogP contribution in [-0.4, -0.2) is 58.7 Å². The van der Waals surface area contributed by atoms with Crippen molar-refractivity contribution >= 4 is 11.9 Å².